The summed E-state index contributed by atoms with van der Waals surface area (Å²) in [6.45, 7) is 2.10. The predicted octanol–water partition coefficient (Wildman–Crippen LogP) is 3.65. The van der Waals surface area contributed by atoms with Crippen molar-refractivity contribution in [2.45, 2.75) is 13.3 Å². The number of nitriles is 1. The normalized spacial score (nSPS) is 27.0. The third-order valence-electron chi connectivity index (χ3n) is 5.50. The van der Waals surface area contributed by atoms with E-state index < -0.39 is 0 Å². The van der Waals surface area contributed by atoms with Crippen LogP contribution in [0.15, 0.2) is 32.3 Å². The van der Waals surface area contributed by atoms with E-state index in [9.17, 15) is 9.59 Å². The molecule has 7 nitrogen and oxygen atoms in total. The van der Waals surface area contributed by atoms with Gasteiger partial charge in [0, 0.05) is 10.0 Å². The summed E-state index contributed by atoms with van der Waals surface area (Å²) < 4.78 is 12.2. The van der Waals surface area contributed by atoms with Crippen molar-refractivity contribution in [3.8, 4) is 17.6 Å². The lowest BCUT2D eigenvalue weighted by Gasteiger charge is -2.15. The molecule has 2 aliphatic carbocycles. The Labute approximate surface area is 184 Å². The quantitative estimate of drug-likeness (QED) is 0.323. The van der Waals surface area contributed by atoms with Gasteiger partial charge in [0.1, 0.15) is 6.07 Å². The maximum absolute atomic E-state index is 12.8. The second-order valence-electron chi connectivity index (χ2n) is 7.03. The standard InChI is InChI=1S/C20H17Br2N3O4/c1-2-28-13-8-12(16(21)17(22)18(13)29-6-5-23)9-24-25-19(26)14-10-3-4-11(7-10)15(14)20(25)27/h3-4,8-11,14-15H,2,6-7H2,1H3/t10-,11-,14-,15+/m0/s1. The van der Waals surface area contributed by atoms with Crippen molar-refractivity contribution in [3.05, 3.63) is 32.7 Å². The largest absolute Gasteiger partial charge is 0.490 e. The van der Waals surface area contributed by atoms with Crippen LogP contribution in [-0.2, 0) is 9.59 Å². The van der Waals surface area contributed by atoms with Gasteiger partial charge < -0.3 is 9.47 Å². The Morgan fingerprint density at radius 1 is 1.21 bits per heavy atom. The van der Waals surface area contributed by atoms with E-state index >= 15 is 0 Å². The average Bonchev–Trinajstić information content (AvgIpc) is 3.38. The first-order valence-corrected chi connectivity index (χ1v) is 10.8. The van der Waals surface area contributed by atoms with Crippen LogP contribution in [0.5, 0.6) is 11.5 Å². The molecule has 3 aliphatic rings. The van der Waals surface area contributed by atoms with E-state index in [0.717, 1.165) is 11.4 Å². The van der Waals surface area contributed by atoms with E-state index in [1.807, 2.05) is 25.1 Å². The second-order valence-corrected chi connectivity index (χ2v) is 8.62. The molecule has 29 heavy (non-hydrogen) atoms. The summed E-state index contributed by atoms with van der Waals surface area (Å²) in [5.41, 5.74) is 0.600. The van der Waals surface area contributed by atoms with Crippen LogP contribution in [0.25, 0.3) is 0 Å². The molecule has 0 unspecified atom stereocenters. The number of hydrazone groups is 1. The molecule has 9 heteroatoms. The predicted molar refractivity (Wildman–Crippen MR) is 111 cm³/mol. The van der Waals surface area contributed by atoms with Crippen LogP contribution >= 0.6 is 31.9 Å². The summed E-state index contributed by atoms with van der Waals surface area (Å²) in [7, 11) is 0. The van der Waals surface area contributed by atoms with Crippen LogP contribution in [0.4, 0.5) is 0 Å². The lowest BCUT2D eigenvalue weighted by atomic mass is 9.85. The molecule has 4 rings (SSSR count). The van der Waals surface area contributed by atoms with E-state index in [-0.39, 0.29) is 42.1 Å². The van der Waals surface area contributed by atoms with Gasteiger partial charge in [-0.05, 0) is 63.1 Å². The number of ether oxygens (including phenoxy) is 2. The molecular formula is C20H17Br2N3O4. The first kappa shape index (κ1) is 20.1. The SMILES string of the molecule is CCOc1cc(C=NN2C(=O)[C@@H]3[C@H](C2=O)[C@H]2C=C[C@H]3C2)c(Br)c(Br)c1OCC#N. The van der Waals surface area contributed by atoms with Gasteiger partial charge >= 0.3 is 0 Å². The van der Waals surface area contributed by atoms with E-state index in [0.29, 0.717) is 32.6 Å². The van der Waals surface area contributed by atoms with Crippen molar-refractivity contribution in [2.24, 2.45) is 28.8 Å². The molecule has 0 aromatic heterocycles. The van der Waals surface area contributed by atoms with Gasteiger partial charge in [-0.2, -0.15) is 15.4 Å². The van der Waals surface area contributed by atoms with Crippen molar-refractivity contribution in [1.82, 2.24) is 5.01 Å². The van der Waals surface area contributed by atoms with E-state index in [4.69, 9.17) is 14.7 Å². The smallest absolute Gasteiger partial charge is 0.254 e. The van der Waals surface area contributed by atoms with Crippen molar-refractivity contribution in [2.75, 3.05) is 13.2 Å². The highest BCUT2D eigenvalue weighted by Crippen LogP contribution is 2.52. The lowest BCUT2D eigenvalue weighted by molar-refractivity contribution is -0.140. The minimum Gasteiger partial charge on any atom is -0.490 e. The molecule has 0 spiro atoms. The molecule has 2 amide bonds. The van der Waals surface area contributed by atoms with Gasteiger partial charge in [-0.15, -0.1) is 0 Å². The minimum absolute atomic E-state index is 0.130. The number of benzene rings is 1. The number of imide groups is 1. The molecule has 1 aromatic carbocycles. The highest BCUT2D eigenvalue weighted by molar-refractivity contribution is 9.13. The molecule has 1 aliphatic heterocycles. The minimum atomic E-state index is -0.287. The van der Waals surface area contributed by atoms with E-state index in [1.54, 1.807) is 6.07 Å². The molecule has 1 aromatic rings. The molecule has 0 N–H and O–H groups in total. The number of hydrogen-bond acceptors (Lipinski definition) is 6. The van der Waals surface area contributed by atoms with E-state index in [1.165, 1.54) is 6.21 Å². The second kappa shape index (κ2) is 7.92. The molecule has 2 bridgehead atoms. The lowest BCUT2D eigenvalue weighted by Crippen LogP contribution is -2.28. The molecule has 0 radical (unpaired) electrons. The number of allylic oxidation sites excluding steroid dienone is 2. The van der Waals surface area contributed by atoms with Crippen molar-refractivity contribution >= 4 is 49.9 Å². The Balaban J connectivity index is 1.62. The summed E-state index contributed by atoms with van der Waals surface area (Å²) in [5.74, 6) is 0.0634. The zero-order chi connectivity index (χ0) is 20.7. The van der Waals surface area contributed by atoms with Crippen LogP contribution in [0, 0.1) is 35.0 Å². The molecule has 1 saturated carbocycles. The molecule has 1 saturated heterocycles. The van der Waals surface area contributed by atoms with Crippen LogP contribution in [0.1, 0.15) is 18.9 Å². The average molecular weight is 523 g/mol. The highest BCUT2D eigenvalue weighted by atomic mass is 79.9. The third kappa shape index (κ3) is 3.28. The molecule has 150 valence electrons. The Bertz CT molecular complexity index is 955. The monoisotopic (exact) mass is 521 g/mol. The maximum atomic E-state index is 12.8. The number of carbonyl (C=O) groups is 2. The molecule has 1 heterocycles. The number of halogens is 2. The first-order chi connectivity index (χ1) is 14.0. The number of fused-ring (bicyclic) bond motifs is 5. The number of carbonyl (C=O) groups excluding carboxylic acids is 2. The fourth-order valence-corrected chi connectivity index (χ4v) is 5.26. The molecule has 4 atom stereocenters. The highest BCUT2D eigenvalue weighted by Gasteiger charge is 2.59. The number of nitrogens with zero attached hydrogens (tertiary/aromatic N) is 3. The Morgan fingerprint density at radius 2 is 1.86 bits per heavy atom. The Kier molecular flexibility index (Phi) is 5.49. The van der Waals surface area contributed by atoms with Crippen LogP contribution < -0.4 is 9.47 Å². The third-order valence-corrected chi connectivity index (χ3v) is 7.64. The van der Waals surface area contributed by atoms with Crippen molar-refractivity contribution in [3.63, 3.8) is 0 Å². The molecule has 2 fully saturated rings. The number of amides is 2. The fraction of sp³-hybridized carbons (Fsp3) is 0.400. The fourth-order valence-electron chi connectivity index (χ4n) is 4.32. The Morgan fingerprint density at radius 3 is 2.45 bits per heavy atom. The number of hydrogen-bond donors (Lipinski definition) is 0. The topological polar surface area (TPSA) is 92.0 Å². The van der Waals surface area contributed by atoms with Crippen LogP contribution in [-0.4, -0.2) is 36.3 Å². The van der Waals surface area contributed by atoms with Crippen molar-refractivity contribution < 1.29 is 19.1 Å². The van der Waals surface area contributed by atoms with Gasteiger partial charge in [0.05, 0.1) is 29.1 Å². The van der Waals surface area contributed by atoms with Gasteiger partial charge in [-0.25, -0.2) is 0 Å². The zero-order valence-corrected chi connectivity index (χ0v) is 18.6. The zero-order valence-electron chi connectivity index (χ0n) is 15.5. The number of rotatable bonds is 6. The van der Waals surface area contributed by atoms with Crippen LogP contribution in [0.2, 0.25) is 0 Å². The first-order valence-electron chi connectivity index (χ1n) is 9.22. The summed E-state index contributed by atoms with van der Waals surface area (Å²) in [6.07, 6.45) is 6.43. The van der Waals surface area contributed by atoms with Gasteiger partial charge in [0.2, 0.25) is 0 Å². The summed E-state index contributed by atoms with van der Waals surface area (Å²) in [5, 5.41) is 14.0. The summed E-state index contributed by atoms with van der Waals surface area (Å²) in [4.78, 5) is 25.5. The summed E-state index contributed by atoms with van der Waals surface area (Å²) in [6, 6.07) is 3.61. The van der Waals surface area contributed by atoms with E-state index in [2.05, 4.69) is 37.0 Å². The summed E-state index contributed by atoms with van der Waals surface area (Å²) >= 11 is 6.91. The van der Waals surface area contributed by atoms with Gasteiger partial charge in [-0.1, -0.05) is 12.2 Å². The maximum Gasteiger partial charge on any atom is 0.254 e. The van der Waals surface area contributed by atoms with Gasteiger partial charge in [-0.3, -0.25) is 9.59 Å². The molecular weight excluding hydrogens is 506 g/mol. The van der Waals surface area contributed by atoms with Gasteiger partial charge in [0.25, 0.3) is 11.8 Å². The van der Waals surface area contributed by atoms with Gasteiger partial charge in [0.15, 0.2) is 18.1 Å². The van der Waals surface area contributed by atoms with Crippen LogP contribution in [0.3, 0.4) is 0 Å². The van der Waals surface area contributed by atoms with Crippen molar-refractivity contribution in [1.29, 1.82) is 5.26 Å². The Hall–Kier alpha value is -2.18.